The molecule has 0 radical (unpaired) electrons. The van der Waals surface area contributed by atoms with Gasteiger partial charge in [0.2, 0.25) is 0 Å². The second-order valence-corrected chi connectivity index (χ2v) is 5.57. The number of hydrogen-bond donors (Lipinski definition) is 0. The molecule has 0 heterocycles. The third kappa shape index (κ3) is 4.91. The van der Waals surface area contributed by atoms with Crippen LogP contribution in [-0.2, 0) is 9.53 Å². The Hall–Kier alpha value is -1.75. The van der Waals surface area contributed by atoms with E-state index in [0.29, 0.717) is 11.5 Å². The highest BCUT2D eigenvalue weighted by Crippen LogP contribution is 2.35. The largest absolute Gasteiger partial charge is 0.487 e. The van der Waals surface area contributed by atoms with Gasteiger partial charge in [-0.3, -0.25) is 4.79 Å². The summed E-state index contributed by atoms with van der Waals surface area (Å²) in [6, 6.07) is 2.89. The van der Waals surface area contributed by atoms with Crippen LogP contribution in [0.4, 0.5) is 0 Å². The van der Waals surface area contributed by atoms with E-state index >= 15 is 0 Å². The molecular weight excluding hydrogens is 308 g/mol. The smallest absolute Gasteiger partial charge is 0.379 e. The lowest BCUT2D eigenvalue weighted by Gasteiger charge is -2.18. The third-order valence-electron chi connectivity index (χ3n) is 2.46. The molecule has 0 saturated carbocycles. The lowest BCUT2D eigenvalue weighted by molar-refractivity contribution is -0.137. The van der Waals surface area contributed by atoms with Crippen molar-refractivity contribution in [1.82, 2.24) is 0 Å². The fourth-order valence-electron chi connectivity index (χ4n) is 1.71. The molecule has 5 nitrogen and oxygen atoms in total. The topological polar surface area (TPSA) is 61.8 Å². The minimum atomic E-state index is -0.947. The molecule has 0 aliphatic heterocycles. The van der Waals surface area contributed by atoms with E-state index in [2.05, 4.69) is 0 Å². The predicted octanol–water partition coefficient (Wildman–Crippen LogP) is 3.66. The Morgan fingerprint density at radius 2 is 1.55 bits per heavy atom. The molecule has 1 aromatic rings. The zero-order valence-corrected chi connectivity index (χ0v) is 14.2. The van der Waals surface area contributed by atoms with Gasteiger partial charge in [-0.25, -0.2) is 4.79 Å². The number of hydrogen-bond acceptors (Lipinski definition) is 5. The van der Waals surface area contributed by atoms with Crippen LogP contribution in [0.2, 0.25) is 5.02 Å². The lowest BCUT2D eigenvalue weighted by Crippen LogP contribution is -2.19. The molecule has 6 heteroatoms. The van der Waals surface area contributed by atoms with Crippen LogP contribution < -0.4 is 9.47 Å². The highest BCUT2D eigenvalue weighted by atomic mass is 35.5. The molecule has 0 atom stereocenters. The standard InChI is InChI=1S/C16H21ClO5/c1-6-20-16(19)15(18)11-7-13(21-9(2)3)14(8-12(11)17)22-10(4)5/h7-10H,6H2,1-5H3. The SMILES string of the molecule is CCOC(=O)C(=O)c1cc(OC(C)C)c(OC(C)C)cc1Cl. The van der Waals surface area contributed by atoms with Gasteiger partial charge in [-0.1, -0.05) is 11.6 Å². The molecule has 0 N–H and O–H groups in total. The number of carbonyl (C=O) groups is 2. The van der Waals surface area contributed by atoms with Crippen molar-refractivity contribution in [2.24, 2.45) is 0 Å². The maximum absolute atomic E-state index is 12.1. The predicted molar refractivity (Wildman–Crippen MR) is 83.9 cm³/mol. The summed E-state index contributed by atoms with van der Waals surface area (Å²) < 4.78 is 16.0. The Kier molecular flexibility index (Phi) is 6.68. The maximum Gasteiger partial charge on any atom is 0.379 e. The van der Waals surface area contributed by atoms with Crippen molar-refractivity contribution in [2.45, 2.75) is 46.8 Å². The van der Waals surface area contributed by atoms with E-state index in [9.17, 15) is 9.59 Å². The molecule has 0 amide bonds. The highest BCUT2D eigenvalue weighted by molar-refractivity contribution is 6.45. The van der Waals surface area contributed by atoms with Gasteiger partial charge in [0.05, 0.1) is 29.4 Å². The molecule has 1 aromatic carbocycles. The number of ketones is 1. The quantitative estimate of drug-likeness (QED) is 0.434. The molecule has 122 valence electrons. The van der Waals surface area contributed by atoms with Crippen LogP contribution in [0, 0.1) is 0 Å². The zero-order chi connectivity index (χ0) is 16.9. The summed E-state index contributed by atoms with van der Waals surface area (Å²) in [4.78, 5) is 23.7. The summed E-state index contributed by atoms with van der Waals surface area (Å²) in [6.45, 7) is 9.17. The number of esters is 1. The second kappa shape index (κ2) is 8.03. The van der Waals surface area contributed by atoms with E-state index in [-0.39, 0.29) is 29.4 Å². The number of rotatable bonds is 7. The Bertz CT molecular complexity index is 552. The molecular formula is C16H21ClO5. The molecule has 0 unspecified atom stereocenters. The van der Waals surface area contributed by atoms with Crippen molar-refractivity contribution in [2.75, 3.05) is 6.61 Å². The van der Waals surface area contributed by atoms with Crippen molar-refractivity contribution in [3.63, 3.8) is 0 Å². The van der Waals surface area contributed by atoms with Crippen molar-refractivity contribution in [3.05, 3.63) is 22.7 Å². The fraction of sp³-hybridized carbons (Fsp3) is 0.500. The van der Waals surface area contributed by atoms with Gasteiger partial charge in [-0.15, -0.1) is 0 Å². The Balaban J connectivity index is 3.24. The Morgan fingerprint density at radius 3 is 2.00 bits per heavy atom. The van der Waals surface area contributed by atoms with Gasteiger partial charge in [0.1, 0.15) is 0 Å². The lowest BCUT2D eigenvalue weighted by atomic mass is 10.1. The van der Waals surface area contributed by atoms with Crippen molar-refractivity contribution in [1.29, 1.82) is 0 Å². The minimum Gasteiger partial charge on any atom is -0.487 e. The van der Waals surface area contributed by atoms with E-state index in [1.807, 2.05) is 27.7 Å². The molecule has 0 spiro atoms. The third-order valence-corrected chi connectivity index (χ3v) is 2.78. The average Bonchev–Trinajstić information content (AvgIpc) is 2.40. The van der Waals surface area contributed by atoms with Gasteiger partial charge in [0.15, 0.2) is 11.5 Å². The number of benzene rings is 1. The van der Waals surface area contributed by atoms with Gasteiger partial charge < -0.3 is 14.2 Å². The van der Waals surface area contributed by atoms with E-state index in [0.717, 1.165) is 0 Å². The monoisotopic (exact) mass is 328 g/mol. The zero-order valence-electron chi connectivity index (χ0n) is 13.4. The molecule has 0 bridgehead atoms. The summed E-state index contributed by atoms with van der Waals surface area (Å²) in [5, 5.41) is 0.116. The second-order valence-electron chi connectivity index (χ2n) is 5.16. The van der Waals surface area contributed by atoms with Crippen LogP contribution in [0.5, 0.6) is 11.5 Å². The van der Waals surface area contributed by atoms with Crippen LogP contribution >= 0.6 is 11.6 Å². The summed E-state index contributed by atoms with van der Waals surface area (Å²) >= 11 is 6.10. The van der Waals surface area contributed by atoms with E-state index in [1.165, 1.54) is 12.1 Å². The summed E-state index contributed by atoms with van der Waals surface area (Å²) in [6.07, 6.45) is -0.210. The number of Topliss-reactive ketones (excluding diaryl/α,β-unsaturated/α-hetero) is 1. The number of halogens is 1. The normalized spacial score (nSPS) is 10.7. The van der Waals surface area contributed by atoms with E-state index < -0.39 is 11.8 Å². The van der Waals surface area contributed by atoms with Gasteiger partial charge in [-0.2, -0.15) is 0 Å². The van der Waals surface area contributed by atoms with Crippen molar-refractivity contribution >= 4 is 23.4 Å². The van der Waals surface area contributed by atoms with Crippen LogP contribution in [0.15, 0.2) is 12.1 Å². The minimum absolute atomic E-state index is 0.0341. The van der Waals surface area contributed by atoms with Gasteiger partial charge in [0.25, 0.3) is 5.78 Å². The number of carbonyl (C=O) groups excluding carboxylic acids is 2. The van der Waals surface area contributed by atoms with Crippen LogP contribution in [-0.4, -0.2) is 30.6 Å². The van der Waals surface area contributed by atoms with Crippen molar-refractivity contribution in [3.8, 4) is 11.5 Å². The number of ether oxygens (including phenoxy) is 3. The molecule has 0 fully saturated rings. The summed E-state index contributed by atoms with van der Waals surface area (Å²) in [5.41, 5.74) is 0.0341. The summed E-state index contributed by atoms with van der Waals surface area (Å²) in [5.74, 6) is -0.969. The van der Waals surface area contributed by atoms with E-state index in [4.69, 9.17) is 25.8 Å². The molecule has 0 aliphatic rings. The first-order valence-corrected chi connectivity index (χ1v) is 7.52. The van der Waals surface area contributed by atoms with Crippen molar-refractivity contribution < 1.29 is 23.8 Å². The Morgan fingerprint density at radius 1 is 1.05 bits per heavy atom. The highest BCUT2D eigenvalue weighted by Gasteiger charge is 2.24. The van der Waals surface area contributed by atoms with Gasteiger partial charge in [-0.05, 0) is 40.7 Å². The van der Waals surface area contributed by atoms with Crippen LogP contribution in [0.1, 0.15) is 45.0 Å². The Labute approximate surface area is 135 Å². The fourth-order valence-corrected chi connectivity index (χ4v) is 1.95. The van der Waals surface area contributed by atoms with Gasteiger partial charge >= 0.3 is 5.97 Å². The molecule has 0 saturated heterocycles. The van der Waals surface area contributed by atoms with E-state index in [1.54, 1.807) is 6.92 Å². The first-order chi connectivity index (χ1) is 10.3. The molecule has 0 aromatic heterocycles. The first kappa shape index (κ1) is 18.3. The first-order valence-electron chi connectivity index (χ1n) is 7.14. The van der Waals surface area contributed by atoms with Crippen LogP contribution in [0.25, 0.3) is 0 Å². The molecule has 0 aliphatic carbocycles. The average molecular weight is 329 g/mol. The molecule has 22 heavy (non-hydrogen) atoms. The van der Waals surface area contributed by atoms with Crippen LogP contribution in [0.3, 0.4) is 0 Å². The maximum atomic E-state index is 12.1. The summed E-state index contributed by atoms with van der Waals surface area (Å²) in [7, 11) is 0. The molecule has 1 rings (SSSR count). The van der Waals surface area contributed by atoms with Gasteiger partial charge in [0, 0.05) is 6.07 Å².